The van der Waals surface area contributed by atoms with Gasteiger partial charge in [-0.3, -0.25) is 4.79 Å². The van der Waals surface area contributed by atoms with E-state index in [9.17, 15) is 4.79 Å². The van der Waals surface area contributed by atoms with Gasteiger partial charge in [0.25, 0.3) is 0 Å². The molecule has 6 nitrogen and oxygen atoms in total. The van der Waals surface area contributed by atoms with Crippen molar-refractivity contribution in [2.45, 2.75) is 18.9 Å². The normalized spacial score (nSPS) is 26.3. The van der Waals surface area contributed by atoms with E-state index in [-0.39, 0.29) is 12.5 Å². The third-order valence-electron chi connectivity index (χ3n) is 5.34. The van der Waals surface area contributed by atoms with Gasteiger partial charge in [-0.1, -0.05) is 0 Å². The second-order valence-corrected chi connectivity index (χ2v) is 6.94. The number of nitrogens with two attached hydrogens (primary N) is 1. The van der Waals surface area contributed by atoms with Crippen LogP contribution in [-0.4, -0.2) is 51.9 Å². The summed E-state index contributed by atoms with van der Waals surface area (Å²) in [5, 5.41) is 0. The molecule has 0 radical (unpaired) electrons. The van der Waals surface area contributed by atoms with E-state index >= 15 is 0 Å². The molecular formula is C17H23N3O3. The van der Waals surface area contributed by atoms with Crippen LogP contribution in [0.3, 0.4) is 0 Å². The summed E-state index contributed by atoms with van der Waals surface area (Å²) in [6, 6.07) is 5.45. The molecule has 124 valence electrons. The molecule has 23 heavy (non-hydrogen) atoms. The highest BCUT2D eigenvalue weighted by atomic mass is 16.5. The van der Waals surface area contributed by atoms with E-state index in [2.05, 4.69) is 11.0 Å². The molecule has 2 saturated heterocycles. The van der Waals surface area contributed by atoms with Gasteiger partial charge in [0.1, 0.15) is 18.4 Å². The zero-order valence-corrected chi connectivity index (χ0v) is 13.5. The molecule has 0 saturated carbocycles. The molecule has 1 amide bonds. The quantitative estimate of drug-likeness (QED) is 0.836. The van der Waals surface area contributed by atoms with Gasteiger partial charge >= 0.3 is 0 Å². The minimum absolute atomic E-state index is 0.106. The topological polar surface area (TPSA) is 68.0 Å². The maximum Gasteiger partial charge on any atom is 0.247 e. The monoisotopic (exact) mass is 317 g/mol. The summed E-state index contributed by atoms with van der Waals surface area (Å²) in [6.45, 7) is 4.10. The number of hydrogen-bond donors (Lipinski definition) is 1. The number of hydrogen-bond acceptors (Lipinski definition) is 5. The molecule has 6 heteroatoms. The van der Waals surface area contributed by atoms with Crippen molar-refractivity contribution in [2.75, 3.05) is 49.8 Å². The number of anilines is 2. The lowest BCUT2D eigenvalue weighted by molar-refractivity contribution is -0.119. The van der Waals surface area contributed by atoms with Crippen LogP contribution in [0.5, 0.6) is 5.75 Å². The largest absolute Gasteiger partial charge is 0.489 e. The van der Waals surface area contributed by atoms with Crippen molar-refractivity contribution in [3.8, 4) is 5.75 Å². The van der Waals surface area contributed by atoms with Gasteiger partial charge in [-0.2, -0.15) is 0 Å². The standard InChI is InChI=1S/C17H23N3O3/c1-19-14-8-12(2-3-15(14)23-9-13(18)16(19)21)20-10-17(11-20)4-6-22-7-5-17/h2-3,8,13H,4-7,9-11,18H2,1H3/t13-/m0/s1. The minimum atomic E-state index is -0.606. The first-order chi connectivity index (χ1) is 11.1. The van der Waals surface area contributed by atoms with Crippen LogP contribution < -0.4 is 20.3 Å². The Labute approximate surface area is 136 Å². The number of fused-ring (bicyclic) bond motifs is 1. The Morgan fingerprint density at radius 3 is 2.74 bits per heavy atom. The fourth-order valence-corrected chi connectivity index (χ4v) is 3.77. The fourth-order valence-electron chi connectivity index (χ4n) is 3.77. The molecular weight excluding hydrogens is 294 g/mol. The van der Waals surface area contributed by atoms with Gasteiger partial charge in [0.15, 0.2) is 0 Å². The van der Waals surface area contributed by atoms with Gasteiger partial charge in [0, 0.05) is 44.5 Å². The van der Waals surface area contributed by atoms with Gasteiger partial charge in [-0.05, 0) is 31.0 Å². The average molecular weight is 317 g/mol. The number of nitrogens with zero attached hydrogens (tertiary/aromatic N) is 2. The average Bonchev–Trinajstić information content (AvgIpc) is 2.66. The summed E-state index contributed by atoms with van der Waals surface area (Å²) in [7, 11) is 1.76. The molecule has 0 unspecified atom stereocenters. The summed E-state index contributed by atoms with van der Waals surface area (Å²) < 4.78 is 11.1. The number of ether oxygens (including phenoxy) is 2. The number of carbonyl (C=O) groups is 1. The Morgan fingerprint density at radius 1 is 1.26 bits per heavy atom. The van der Waals surface area contributed by atoms with Crippen molar-refractivity contribution >= 4 is 17.3 Å². The number of benzene rings is 1. The molecule has 1 aromatic carbocycles. The Balaban J connectivity index is 1.55. The van der Waals surface area contributed by atoms with Crippen molar-refractivity contribution in [1.29, 1.82) is 0 Å². The number of rotatable bonds is 1. The van der Waals surface area contributed by atoms with Crippen LogP contribution in [0, 0.1) is 5.41 Å². The van der Waals surface area contributed by atoms with E-state index in [1.807, 2.05) is 12.1 Å². The summed E-state index contributed by atoms with van der Waals surface area (Å²) in [5.74, 6) is 0.615. The minimum Gasteiger partial charge on any atom is -0.489 e. The van der Waals surface area contributed by atoms with Crippen LogP contribution in [-0.2, 0) is 9.53 Å². The SMILES string of the molecule is CN1C(=O)[C@@H](N)COc2ccc(N3CC4(CCOCC4)C3)cc21. The van der Waals surface area contributed by atoms with Crippen LogP contribution in [0.15, 0.2) is 18.2 Å². The van der Waals surface area contributed by atoms with Crippen LogP contribution in [0.25, 0.3) is 0 Å². The third-order valence-corrected chi connectivity index (χ3v) is 5.34. The Kier molecular flexibility index (Phi) is 3.46. The van der Waals surface area contributed by atoms with Crippen LogP contribution in [0.1, 0.15) is 12.8 Å². The van der Waals surface area contributed by atoms with Crippen LogP contribution in [0.4, 0.5) is 11.4 Å². The van der Waals surface area contributed by atoms with Gasteiger partial charge in [0.05, 0.1) is 5.69 Å². The molecule has 3 aliphatic heterocycles. The smallest absolute Gasteiger partial charge is 0.247 e. The molecule has 0 aliphatic carbocycles. The lowest BCUT2D eigenvalue weighted by Gasteiger charge is -2.53. The molecule has 0 bridgehead atoms. The van der Waals surface area contributed by atoms with Gasteiger partial charge in [-0.25, -0.2) is 0 Å². The zero-order chi connectivity index (χ0) is 16.0. The van der Waals surface area contributed by atoms with Crippen molar-refractivity contribution in [3.63, 3.8) is 0 Å². The van der Waals surface area contributed by atoms with Crippen molar-refractivity contribution in [3.05, 3.63) is 18.2 Å². The maximum absolute atomic E-state index is 12.2. The van der Waals surface area contributed by atoms with Crippen molar-refractivity contribution < 1.29 is 14.3 Å². The van der Waals surface area contributed by atoms with Crippen LogP contribution in [0.2, 0.25) is 0 Å². The first-order valence-corrected chi connectivity index (χ1v) is 8.21. The van der Waals surface area contributed by atoms with E-state index < -0.39 is 6.04 Å². The van der Waals surface area contributed by atoms with Crippen molar-refractivity contribution in [2.24, 2.45) is 11.1 Å². The fraction of sp³-hybridized carbons (Fsp3) is 0.588. The number of likely N-dealkylation sites (N-methyl/N-ethyl adjacent to an activating group) is 1. The highest BCUT2D eigenvalue weighted by molar-refractivity contribution is 5.99. The predicted octanol–water partition coefficient (Wildman–Crippen LogP) is 0.986. The molecule has 2 fully saturated rings. The predicted molar refractivity (Wildman–Crippen MR) is 88.0 cm³/mol. The Bertz CT molecular complexity index is 620. The van der Waals surface area contributed by atoms with E-state index in [0.29, 0.717) is 5.41 Å². The van der Waals surface area contributed by atoms with Gasteiger partial charge < -0.3 is 25.0 Å². The Morgan fingerprint density at radius 2 is 2.00 bits per heavy atom. The number of amides is 1. The summed E-state index contributed by atoms with van der Waals surface area (Å²) in [4.78, 5) is 16.2. The molecule has 0 aromatic heterocycles. The highest BCUT2D eigenvalue weighted by Gasteiger charge is 2.44. The lowest BCUT2D eigenvalue weighted by atomic mass is 9.73. The summed E-state index contributed by atoms with van der Waals surface area (Å²) in [5.41, 5.74) is 8.20. The molecule has 1 aromatic rings. The van der Waals surface area contributed by atoms with E-state index in [0.717, 1.165) is 56.3 Å². The second-order valence-electron chi connectivity index (χ2n) is 6.94. The second kappa shape index (κ2) is 5.39. The van der Waals surface area contributed by atoms with Gasteiger partial charge in [-0.15, -0.1) is 0 Å². The first kappa shape index (κ1) is 14.8. The Hall–Kier alpha value is -1.79. The first-order valence-electron chi connectivity index (χ1n) is 8.21. The maximum atomic E-state index is 12.2. The third kappa shape index (κ3) is 2.46. The van der Waals surface area contributed by atoms with Crippen LogP contribution >= 0.6 is 0 Å². The lowest BCUT2D eigenvalue weighted by Crippen LogP contribution is -2.58. The molecule has 4 rings (SSSR count). The summed E-state index contributed by atoms with van der Waals surface area (Å²) in [6.07, 6.45) is 2.29. The molecule has 3 heterocycles. The number of carbonyl (C=O) groups excluding carboxylic acids is 1. The molecule has 2 N–H and O–H groups in total. The zero-order valence-electron chi connectivity index (χ0n) is 13.5. The van der Waals surface area contributed by atoms with E-state index in [1.165, 1.54) is 0 Å². The molecule has 3 aliphatic rings. The van der Waals surface area contributed by atoms with Crippen molar-refractivity contribution in [1.82, 2.24) is 0 Å². The molecule has 1 atom stereocenters. The molecule has 1 spiro atoms. The summed E-state index contributed by atoms with van der Waals surface area (Å²) >= 11 is 0. The van der Waals surface area contributed by atoms with E-state index in [1.54, 1.807) is 11.9 Å². The van der Waals surface area contributed by atoms with E-state index in [4.69, 9.17) is 15.2 Å². The van der Waals surface area contributed by atoms with Gasteiger partial charge in [0.2, 0.25) is 5.91 Å². The highest BCUT2D eigenvalue weighted by Crippen LogP contribution is 2.44.